The van der Waals surface area contributed by atoms with Crippen molar-refractivity contribution in [1.82, 2.24) is 0 Å². The normalized spacial score (nSPS) is 12.5. The van der Waals surface area contributed by atoms with E-state index in [0.29, 0.717) is 16.7 Å². The molecule has 0 aromatic heterocycles. The number of rotatable bonds is 3. The number of hydrogen-bond acceptors (Lipinski definition) is 3. The van der Waals surface area contributed by atoms with E-state index in [-0.39, 0.29) is 12.2 Å². The molecule has 15 heavy (non-hydrogen) atoms. The van der Waals surface area contributed by atoms with Gasteiger partial charge in [0.25, 0.3) is 0 Å². The summed E-state index contributed by atoms with van der Waals surface area (Å²) in [4.78, 5) is 10.4. The standard InChI is InChI=1S/C11H14O4/c1-6-3-8(4-7(2)11(6)15)9(12)5-10(13)14/h3-4,9,12,15H,5H2,1-2H3,(H,13,14)/t9-/m0/s1. The molecule has 1 aromatic carbocycles. The van der Waals surface area contributed by atoms with Crippen molar-refractivity contribution in [2.45, 2.75) is 26.4 Å². The first kappa shape index (κ1) is 11.5. The molecule has 1 aromatic rings. The van der Waals surface area contributed by atoms with Gasteiger partial charge >= 0.3 is 5.97 Å². The van der Waals surface area contributed by atoms with Crippen LogP contribution in [0.5, 0.6) is 5.75 Å². The van der Waals surface area contributed by atoms with Gasteiger partial charge in [-0.05, 0) is 42.7 Å². The van der Waals surface area contributed by atoms with Crippen LogP contribution < -0.4 is 0 Å². The van der Waals surface area contributed by atoms with Gasteiger partial charge in [0.1, 0.15) is 5.75 Å². The number of aromatic hydroxyl groups is 1. The second-order valence-corrected chi connectivity index (χ2v) is 3.62. The van der Waals surface area contributed by atoms with Crippen molar-refractivity contribution in [3.63, 3.8) is 0 Å². The molecule has 1 atom stereocenters. The van der Waals surface area contributed by atoms with Crippen molar-refractivity contribution < 1.29 is 20.1 Å². The highest BCUT2D eigenvalue weighted by atomic mass is 16.4. The van der Waals surface area contributed by atoms with Gasteiger partial charge in [-0.3, -0.25) is 4.79 Å². The van der Waals surface area contributed by atoms with Crippen LogP contribution in [0.3, 0.4) is 0 Å². The largest absolute Gasteiger partial charge is 0.507 e. The molecule has 0 unspecified atom stereocenters. The van der Waals surface area contributed by atoms with E-state index < -0.39 is 12.1 Å². The quantitative estimate of drug-likeness (QED) is 0.706. The molecule has 0 spiro atoms. The number of aliphatic carboxylic acids is 1. The molecule has 0 saturated heterocycles. The summed E-state index contributed by atoms with van der Waals surface area (Å²) in [6.07, 6.45) is -1.36. The minimum atomic E-state index is -1.05. The number of hydrogen-bond donors (Lipinski definition) is 3. The van der Waals surface area contributed by atoms with Gasteiger partial charge in [0, 0.05) is 0 Å². The molecule has 0 bridgehead atoms. The molecule has 0 saturated carbocycles. The molecule has 4 nitrogen and oxygen atoms in total. The van der Waals surface area contributed by atoms with Crippen LogP contribution in [0.4, 0.5) is 0 Å². The first-order chi connectivity index (χ1) is 6.91. The lowest BCUT2D eigenvalue weighted by atomic mass is 10.0. The zero-order chi connectivity index (χ0) is 11.6. The summed E-state index contributed by atoms with van der Waals surface area (Å²) in [5.41, 5.74) is 1.79. The molecule has 4 heteroatoms. The Hall–Kier alpha value is -1.55. The van der Waals surface area contributed by atoms with Crippen LogP contribution >= 0.6 is 0 Å². The molecule has 0 amide bonds. The highest BCUT2D eigenvalue weighted by Crippen LogP contribution is 2.27. The number of aliphatic hydroxyl groups is 1. The fourth-order valence-electron chi connectivity index (χ4n) is 1.47. The highest BCUT2D eigenvalue weighted by Gasteiger charge is 2.14. The summed E-state index contributed by atoms with van der Waals surface area (Å²) in [5, 5.41) is 27.6. The Morgan fingerprint density at radius 2 is 1.80 bits per heavy atom. The fourth-order valence-corrected chi connectivity index (χ4v) is 1.47. The van der Waals surface area contributed by atoms with Gasteiger partial charge in [-0.15, -0.1) is 0 Å². The van der Waals surface area contributed by atoms with Crippen LogP contribution in [-0.2, 0) is 4.79 Å². The van der Waals surface area contributed by atoms with E-state index >= 15 is 0 Å². The summed E-state index contributed by atoms with van der Waals surface area (Å²) < 4.78 is 0. The predicted molar refractivity (Wildman–Crippen MR) is 54.8 cm³/mol. The number of benzene rings is 1. The smallest absolute Gasteiger partial charge is 0.306 e. The number of aliphatic hydroxyl groups excluding tert-OH is 1. The Balaban J connectivity index is 3.00. The summed E-state index contributed by atoms with van der Waals surface area (Å²) in [5.74, 6) is -0.868. The van der Waals surface area contributed by atoms with Crippen molar-refractivity contribution in [1.29, 1.82) is 0 Å². The average Bonchev–Trinajstić information content (AvgIpc) is 2.12. The van der Waals surface area contributed by atoms with Crippen molar-refractivity contribution in [2.75, 3.05) is 0 Å². The van der Waals surface area contributed by atoms with Gasteiger partial charge in [0.2, 0.25) is 0 Å². The van der Waals surface area contributed by atoms with E-state index in [4.69, 9.17) is 5.11 Å². The van der Waals surface area contributed by atoms with Gasteiger partial charge in [-0.2, -0.15) is 0 Å². The Morgan fingerprint density at radius 3 is 2.20 bits per heavy atom. The lowest BCUT2D eigenvalue weighted by molar-refractivity contribution is -0.139. The highest BCUT2D eigenvalue weighted by molar-refractivity contribution is 5.67. The molecular formula is C11H14O4. The monoisotopic (exact) mass is 210 g/mol. The van der Waals surface area contributed by atoms with Crippen LogP contribution in [0.2, 0.25) is 0 Å². The zero-order valence-electron chi connectivity index (χ0n) is 8.69. The number of aryl methyl sites for hydroxylation is 2. The molecule has 3 N–H and O–H groups in total. The molecule has 0 aliphatic rings. The zero-order valence-corrected chi connectivity index (χ0v) is 8.69. The molecule has 0 radical (unpaired) electrons. The van der Waals surface area contributed by atoms with E-state index in [1.165, 1.54) is 0 Å². The molecule has 0 aliphatic carbocycles. The van der Waals surface area contributed by atoms with Gasteiger partial charge < -0.3 is 15.3 Å². The second-order valence-electron chi connectivity index (χ2n) is 3.62. The van der Waals surface area contributed by atoms with E-state index in [9.17, 15) is 15.0 Å². The van der Waals surface area contributed by atoms with Crippen LogP contribution in [-0.4, -0.2) is 21.3 Å². The number of carbonyl (C=O) groups is 1. The number of carboxylic acid groups (broad SMARTS) is 1. The van der Waals surface area contributed by atoms with Crippen molar-refractivity contribution in [3.8, 4) is 5.75 Å². The number of phenols is 1. The second kappa shape index (κ2) is 4.31. The third kappa shape index (κ3) is 2.70. The van der Waals surface area contributed by atoms with Gasteiger partial charge in [0.05, 0.1) is 12.5 Å². The molecule has 1 rings (SSSR count). The fraction of sp³-hybridized carbons (Fsp3) is 0.364. The molecule has 82 valence electrons. The summed E-state index contributed by atoms with van der Waals surface area (Å²) in [6.45, 7) is 3.42. The first-order valence-electron chi connectivity index (χ1n) is 4.61. The van der Waals surface area contributed by atoms with Gasteiger partial charge in [-0.1, -0.05) is 0 Å². The number of carboxylic acids is 1. The number of phenolic OH excluding ortho intramolecular Hbond substituents is 1. The Bertz CT molecular complexity index is 361. The predicted octanol–water partition coefficient (Wildman–Crippen LogP) is 1.52. The van der Waals surface area contributed by atoms with Crippen LogP contribution in [0, 0.1) is 13.8 Å². The van der Waals surface area contributed by atoms with Crippen molar-refractivity contribution in [2.24, 2.45) is 0 Å². The lowest BCUT2D eigenvalue weighted by Crippen LogP contribution is -2.06. The molecular weight excluding hydrogens is 196 g/mol. The van der Waals surface area contributed by atoms with Crippen LogP contribution in [0.25, 0.3) is 0 Å². The summed E-state index contributed by atoms with van der Waals surface area (Å²) >= 11 is 0. The maximum Gasteiger partial charge on any atom is 0.306 e. The lowest BCUT2D eigenvalue weighted by Gasteiger charge is -2.12. The maximum absolute atomic E-state index is 10.4. The SMILES string of the molecule is Cc1cc([C@@H](O)CC(=O)O)cc(C)c1O. The Labute approximate surface area is 87.8 Å². The van der Waals surface area contributed by atoms with E-state index in [1.807, 2.05) is 0 Å². The maximum atomic E-state index is 10.4. The first-order valence-corrected chi connectivity index (χ1v) is 4.61. The Morgan fingerprint density at radius 1 is 1.33 bits per heavy atom. The van der Waals surface area contributed by atoms with E-state index in [1.54, 1.807) is 26.0 Å². The molecule has 0 heterocycles. The minimum absolute atomic E-state index is 0.182. The summed E-state index contributed by atoms with van der Waals surface area (Å²) in [6, 6.07) is 3.19. The van der Waals surface area contributed by atoms with Crippen molar-refractivity contribution in [3.05, 3.63) is 28.8 Å². The van der Waals surface area contributed by atoms with Gasteiger partial charge in [0.15, 0.2) is 0 Å². The van der Waals surface area contributed by atoms with E-state index in [0.717, 1.165) is 0 Å². The third-order valence-corrected chi connectivity index (χ3v) is 2.27. The van der Waals surface area contributed by atoms with Crippen molar-refractivity contribution >= 4 is 5.97 Å². The van der Waals surface area contributed by atoms with Crippen LogP contribution in [0.15, 0.2) is 12.1 Å². The Kier molecular flexibility index (Phi) is 3.31. The molecule has 0 aliphatic heterocycles. The third-order valence-electron chi connectivity index (χ3n) is 2.27. The van der Waals surface area contributed by atoms with Gasteiger partial charge in [-0.25, -0.2) is 0 Å². The average molecular weight is 210 g/mol. The topological polar surface area (TPSA) is 77.8 Å². The molecule has 0 fully saturated rings. The van der Waals surface area contributed by atoms with Crippen LogP contribution in [0.1, 0.15) is 29.2 Å². The summed E-state index contributed by atoms with van der Waals surface area (Å²) in [7, 11) is 0. The van der Waals surface area contributed by atoms with E-state index in [2.05, 4.69) is 0 Å². The minimum Gasteiger partial charge on any atom is -0.507 e.